The third-order valence-electron chi connectivity index (χ3n) is 4.14. The zero-order valence-electron chi connectivity index (χ0n) is 13.5. The predicted molar refractivity (Wildman–Crippen MR) is 92.0 cm³/mol. The molecule has 2 heterocycles. The summed E-state index contributed by atoms with van der Waals surface area (Å²) in [6.45, 7) is 7.22. The third kappa shape index (κ3) is 3.62. The number of benzene rings is 1. The average molecular weight is 336 g/mol. The summed E-state index contributed by atoms with van der Waals surface area (Å²) >= 11 is 6.33. The normalized spacial score (nSPS) is 15.4. The second-order valence-electron chi connectivity index (χ2n) is 6.17. The summed E-state index contributed by atoms with van der Waals surface area (Å²) in [5.74, 6) is 0.375. The highest BCUT2D eigenvalue weighted by atomic mass is 35.5. The second kappa shape index (κ2) is 6.81. The maximum atomic E-state index is 12.1. The molecular weight excluding hydrogens is 314 g/mol. The van der Waals surface area contributed by atoms with Crippen molar-refractivity contribution in [1.82, 2.24) is 15.2 Å². The van der Waals surface area contributed by atoms with Gasteiger partial charge in [0.05, 0.1) is 19.8 Å². The molecule has 1 aliphatic rings. The van der Waals surface area contributed by atoms with E-state index in [-0.39, 0.29) is 6.03 Å². The molecule has 1 aromatic carbocycles. The Kier molecular flexibility index (Phi) is 4.78. The lowest BCUT2D eigenvalue weighted by Gasteiger charge is -2.26. The van der Waals surface area contributed by atoms with Crippen molar-refractivity contribution in [3.8, 4) is 0 Å². The van der Waals surface area contributed by atoms with Crippen molar-refractivity contribution in [3.05, 3.63) is 34.5 Å². The fourth-order valence-electron chi connectivity index (χ4n) is 2.82. The van der Waals surface area contributed by atoms with Crippen LogP contribution in [0, 0.1) is 0 Å². The Morgan fingerprint density at radius 2 is 2.09 bits per heavy atom. The standard InChI is InChI=1S/C17H22ClN3O2/c1-11(2)14-9-16-12(8-15(14)18)7-13(20-16)10-19-17(22)21-3-5-23-6-4-21/h7-9,11,20H,3-6,10H2,1-2H3,(H,19,22). The van der Waals surface area contributed by atoms with Crippen molar-refractivity contribution < 1.29 is 9.53 Å². The van der Waals surface area contributed by atoms with Crippen LogP contribution in [-0.2, 0) is 11.3 Å². The number of ether oxygens (including phenoxy) is 1. The van der Waals surface area contributed by atoms with Gasteiger partial charge >= 0.3 is 6.03 Å². The van der Waals surface area contributed by atoms with E-state index in [1.807, 2.05) is 12.1 Å². The Bertz CT molecular complexity index is 705. The molecule has 6 heteroatoms. The number of nitrogens with one attached hydrogen (secondary N) is 2. The van der Waals surface area contributed by atoms with Crippen LogP contribution in [0.4, 0.5) is 4.79 Å². The monoisotopic (exact) mass is 335 g/mol. The maximum absolute atomic E-state index is 12.1. The Labute approximate surface area is 140 Å². The molecule has 0 unspecified atom stereocenters. The van der Waals surface area contributed by atoms with Crippen LogP contribution in [-0.4, -0.2) is 42.2 Å². The quantitative estimate of drug-likeness (QED) is 0.902. The molecule has 0 radical (unpaired) electrons. The highest BCUT2D eigenvalue weighted by molar-refractivity contribution is 6.32. The highest BCUT2D eigenvalue weighted by Crippen LogP contribution is 2.29. The summed E-state index contributed by atoms with van der Waals surface area (Å²) in [5, 5.41) is 4.80. The molecule has 23 heavy (non-hydrogen) atoms. The number of hydrogen-bond donors (Lipinski definition) is 2. The van der Waals surface area contributed by atoms with Gasteiger partial charge in [-0.15, -0.1) is 0 Å². The summed E-state index contributed by atoms with van der Waals surface area (Å²) in [7, 11) is 0. The molecule has 124 valence electrons. The van der Waals surface area contributed by atoms with Gasteiger partial charge in [-0.2, -0.15) is 0 Å². The number of fused-ring (bicyclic) bond motifs is 1. The van der Waals surface area contributed by atoms with Crippen LogP contribution in [0.3, 0.4) is 0 Å². The van der Waals surface area contributed by atoms with Crippen LogP contribution in [0.1, 0.15) is 31.0 Å². The van der Waals surface area contributed by atoms with Crippen LogP contribution in [0.15, 0.2) is 18.2 Å². The largest absolute Gasteiger partial charge is 0.378 e. The second-order valence-corrected chi connectivity index (χ2v) is 6.58. The molecule has 0 bridgehead atoms. The van der Waals surface area contributed by atoms with Gasteiger partial charge in [0.1, 0.15) is 0 Å². The van der Waals surface area contributed by atoms with E-state index in [2.05, 4.69) is 30.2 Å². The predicted octanol–water partition coefficient (Wildman–Crippen LogP) is 3.49. The molecule has 2 N–H and O–H groups in total. The van der Waals surface area contributed by atoms with Gasteiger partial charge < -0.3 is 19.9 Å². The molecule has 0 spiro atoms. The maximum Gasteiger partial charge on any atom is 0.317 e. The van der Waals surface area contributed by atoms with Crippen LogP contribution in [0.2, 0.25) is 5.02 Å². The number of amides is 2. The van der Waals surface area contributed by atoms with Crippen LogP contribution < -0.4 is 5.32 Å². The van der Waals surface area contributed by atoms with Gasteiger partial charge in [-0.3, -0.25) is 0 Å². The number of carbonyl (C=O) groups is 1. The van der Waals surface area contributed by atoms with Crippen molar-refractivity contribution in [2.75, 3.05) is 26.3 Å². The van der Waals surface area contributed by atoms with E-state index in [0.29, 0.717) is 38.8 Å². The topological polar surface area (TPSA) is 57.4 Å². The van der Waals surface area contributed by atoms with Crippen molar-refractivity contribution in [2.45, 2.75) is 26.3 Å². The van der Waals surface area contributed by atoms with Crippen molar-refractivity contribution in [1.29, 1.82) is 0 Å². The molecule has 1 aromatic heterocycles. The van der Waals surface area contributed by atoms with E-state index in [9.17, 15) is 4.79 Å². The molecule has 0 aliphatic carbocycles. The first-order chi connectivity index (χ1) is 11.0. The van der Waals surface area contributed by atoms with E-state index in [4.69, 9.17) is 16.3 Å². The molecule has 0 saturated carbocycles. The van der Waals surface area contributed by atoms with Crippen molar-refractivity contribution in [3.63, 3.8) is 0 Å². The first-order valence-electron chi connectivity index (χ1n) is 7.96. The number of carbonyl (C=O) groups excluding carboxylic acids is 1. The zero-order valence-corrected chi connectivity index (χ0v) is 14.2. The molecule has 1 saturated heterocycles. The van der Waals surface area contributed by atoms with Gasteiger partial charge in [-0.05, 0) is 29.7 Å². The molecule has 0 atom stereocenters. The Hall–Kier alpha value is -1.72. The van der Waals surface area contributed by atoms with Crippen molar-refractivity contribution in [2.24, 2.45) is 0 Å². The number of aromatic amines is 1. The minimum Gasteiger partial charge on any atom is -0.378 e. The molecule has 5 nitrogen and oxygen atoms in total. The first-order valence-corrected chi connectivity index (χ1v) is 8.34. The summed E-state index contributed by atoms with van der Waals surface area (Å²) in [6.07, 6.45) is 0. The number of nitrogens with zero attached hydrogens (tertiary/aromatic N) is 1. The first kappa shape index (κ1) is 16.1. The lowest BCUT2D eigenvalue weighted by molar-refractivity contribution is 0.0531. The highest BCUT2D eigenvalue weighted by Gasteiger charge is 2.16. The van der Waals surface area contributed by atoms with Crippen LogP contribution in [0.5, 0.6) is 0 Å². The number of morpholine rings is 1. The van der Waals surface area contributed by atoms with E-state index in [1.54, 1.807) is 4.90 Å². The lowest BCUT2D eigenvalue weighted by atomic mass is 10.0. The molecular formula is C17H22ClN3O2. The lowest BCUT2D eigenvalue weighted by Crippen LogP contribution is -2.45. The molecule has 1 aliphatic heterocycles. The van der Waals surface area contributed by atoms with Gasteiger partial charge in [0.25, 0.3) is 0 Å². The summed E-state index contributed by atoms with van der Waals surface area (Å²) in [4.78, 5) is 17.2. The van der Waals surface area contributed by atoms with Gasteiger partial charge in [-0.1, -0.05) is 25.4 Å². The molecule has 1 fully saturated rings. The SMILES string of the molecule is CC(C)c1cc2[nH]c(CNC(=O)N3CCOCC3)cc2cc1Cl. The Morgan fingerprint density at radius 3 is 2.78 bits per heavy atom. The minimum atomic E-state index is -0.0483. The van der Waals surface area contributed by atoms with Crippen LogP contribution >= 0.6 is 11.6 Å². The number of urea groups is 1. The fourth-order valence-corrected chi connectivity index (χ4v) is 3.21. The molecule has 3 rings (SSSR count). The van der Waals surface area contributed by atoms with Crippen molar-refractivity contribution >= 4 is 28.5 Å². The number of hydrogen-bond acceptors (Lipinski definition) is 2. The minimum absolute atomic E-state index is 0.0483. The zero-order chi connectivity index (χ0) is 16.4. The number of H-pyrrole nitrogens is 1. The summed E-state index contributed by atoms with van der Waals surface area (Å²) in [6, 6.07) is 6.06. The number of halogens is 1. The van der Waals surface area contributed by atoms with Gasteiger partial charge in [0.2, 0.25) is 0 Å². The Morgan fingerprint density at radius 1 is 1.35 bits per heavy atom. The van der Waals surface area contributed by atoms with E-state index >= 15 is 0 Å². The average Bonchev–Trinajstić information content (AvgIpc) is 2.94. The summed E-state index contributed by atoms with van der Waals surface area (Å²) < 4.78 is 5.25. The van der Waals surface area contributed by atoms with E-state index in [0.717, 1.165) is 27.2 Å². The smallest absolute Gasteiger partial charge is 0.317 e. The van der Waals surface area contributed by atoms with Gasteiger partial charge in [0, 0.05) is 34.7 Å². The van der Waals surface area contributed by atoms with Gasteiger partial charge in [0.15, 0.2) is 0 Å². The fraction of sp³-hybridized carbons (Fsp3) is 0.471. The van der Waals surface area contributed by atoms with Crippen LogP contribution in [0.25, 0.3) is 10.9 Å². The number of rotatable bonds is 3. The molecule has 2 amide bonds. The third-order valence-corrected chi connectivity index (χ3v) is 4.47. The Balaban J connectivity index is 1.69. The number of aromatic nitrogens is 1. The molecule has 2 aromatic rings. The van der Waals surface area contributed by atoms with Gasteiger partial charge in [-0.25, -0.2) is 4.79 Å². The summed E-state index contributed by atoms with van der Waals surface area (Å²) in [5.41, 5.74) is 3.15. The van der Waals surface area contributed by atoms with E-state index in [1.165, 1.54) is 0 Å². The van der Waals surface area contributed by atoms with E-state index < -0.39 is 0 Å².